The lowest BCUT2D eigenvalue weighted by Crippen LogP contribution is -2.62. The Morgan fingerprint density at radius 1 is 0.440 bits per heavy atom. The van der Waals surface area contributed by atoms with Gasteiger partial charge in [-0.25, -0.2) is 9.18 Å². The number of fused-ring (bicyclic) bond motifs is 1. The van der Waals surface area contributed by atoms with E-state index < -0.39 is 44.7 Å². The molecule has 4 aromatic carbocycles. The molecule has 5 aromatic rings. The highest BCUT2D eigenvalue weighted by atomic mass is 19.1. The lowest BCUT2D eigenvalue weighted by Gasteiger charge is -2.61. The van der Waals surface area contributed by atoms with Crippen LogP contribution in [0, 0.1) is 71.5 Å². The Bertz CT molecular complexity index is 4630. The van der Waals surface area contributed by atoms with Crippen molar-refractivity contribution in [3.63, 3.8) is 0 Å². The number of ether oxygens (including phenoxy) is 14. The molecule has 15 saturated carbocycles. The van der Waals surface area contributed by atoms with Crippen molar-refractivity contribution in [2.24, 2.45) is 57.7 Å². The number of carbonyl (C=O) groups excluding carboxylic acids is 4. The minimum Gasteiger partial charge on any atom is -0.488 e. The van der Waals surface area contributed by atoms with Crippen molar-refractivity contribution in [1.29, 1.82) is 0 Å². The number of aryl methyl sites for hydroxylation is 2. The van der Waals surface area contributed by atoms with E-state index in [2.05, 4.69) is 97.0 Å². The first-order valence-corrected chi connectivity index (χ1v) is 51.8. The summed E-state index contributed by atoms with van der Waals surface area (Å²) in [5, 5.41) is 1.03. The fourth-order valence-electron chi connectivity index (χ4n) is 26.7. The van der Waals surface area contributed by atoms with Gasteiger partial charge in [0.05, 0.1) is 117 Å². The second-order valence-electron chi connectivity index (χ2n) is 46.2. The van der Waals surface area contributed by atoms with Crippen LogP contribution in [0.1, 0.15) is 382 Å². The maximum absolute atomic E-state index is 14.9. The molecule has 12 bridgehead atoms. The lowest BCUT2D eigenvalue weighted by atomic mass is 9.48. The van der Waals surface area contributed by atoms with Crippen LogP contribution in [-0.2, 0) is 142 Å². The summed E-state index contributed by atoms with van der Waals surface area (Å²) >= 11 is 0. The summed E-state index contributed by atoms with van der Waals surface area (Å²) in [6.07, 6.45) is 38.6. The zero-order valence-electron chi connectivity index (χ0n) is 84.2. The van der Waals surface area contributed by atoms with Gasteiger partial charge in [0.15, 0.2) is 0 Å². The molecule has 0 amide bonds. The monoisotopic (exact) mass is 1860 g/mol. The maximum atomic E-state index is 14.9. The van der Waals surface area contributed by atoms with Crippen LogP contribution in [0.2, 0.25) is 0 Å². The number of furan rings is 1. The van der Waals surface area contributed by atoms with E-state index in [9.17, 15) is 23.6 Å². The number of carbonyl (C=O) groups is 4. The van der Waals surface area contributed by atoms with Crippen molar-refractivity contribution in [3.05, 3.63) is 128 Å². The van der Waals surface area contributed by atoms with Crippen LogP contribution in [0.15, 0.2) is 65.3 Å². The molecule has 0 aliphatic heterocycles. The minimum absolute atomic E-state index is 0. The Morgan fingerprint density at radius 2 is 0.873 bits per heavy atom. The van der Waals surface area contributed by atoms with Crippen molar-refractivity contribution < 1.29 is 94.3 Å². The Balaban J connectivity index is 0.000000161. The van der Waals surface area contributed by atoms with E-state index in [0.717, 1.165) is 228 Å². The zero-order valence-corrected chi connectivity index (χ0v) is 84.2. The smallest absolute Gasteiger partial charge is 0.344 e. The van der Waals surface area contributed by atoms with Crippen LogP contribution < -0.4 is 9.47 Å². The second kappa shape index (κ2) is 43.8. The number of rotatable bonds is 39. The fourth-order valence-corrected chi connectivity index (χ4v) is 26.7. The molecule has 0 N–H and O–H groups in total. The van der Waals surface area contributed by atoms with Crippen molar-refractivity contribution >= 4 is 34.8 Å². The van der Waals surface area contributed by atoms with Crippen molar-refractivity contribution in [3.8, 4) is 11.5 Å². The molecule has 0 saturated heterocycles. The molecule has 19 nitrogen and oxygen atoms in total. The number of halogens is 1. The predicted molar refractivity (Wildman–Crippen MR) is 519 cm³/mol. The molecule has 7 atom stereocenters. The standard InChI is InChI=1S/C38H50O8.C38H56O6.C37H57FO5.CH4/c1-7-36(2,3)35(39)46-38-17-26-10-27(18-38)16-37(15-26,24-38)45-23-29-13-28-8-9-43-33(28)14-30(29)22-44-34-31(20-41-5)11-25(19-40-4)12-32(34)21-42-6;1-5-36(3,4)34(39)44-38-21-27-18-28(22-38)20-37(19-27,25-38)35(40)43-33-29(23-41-31-12-8-6-9-13-31)16-26(2)17-30(33)24-42-32-14-10-7-11-15-32;1-8-35(7,38)34(39)43-37-19-28-15-29(20-37)18-36(17-28,23-37)42-32-11-9-27(10-12-32)16-33-30(21-40-24(2)3)13-26(6)14-31(33)22-41-25(4)5;/h8-9,11-14,26-27H,7,10,15-24H2,1-6H3;16-17,27-28,31-32H,5-15,18-25H2,1-4H3;13-14,24-25,27-29,32H,8-12,15-23H2,1-7H3;1H4. The lowest BCUT2D eigenvalue weighted by molar-refractivity contribution is -0.252. The third-order valence-corrected chi connectivity index (χ3v) is 33.2. The molecule has 1 aromatic heterocycles. The Morgan fingerprint density at radius 3 is 1.34 bits per heavy atom. The molecule has 15 fully saturated rings. The molecule has 134 heavy (non-hydrogen) atoms. The number of alkyl halides is 1. The molecule has 0 radical (unpaired) electrons. The van der Waals surface area contributed by atoms with E-state index in [1.54, 1.807) is 34.5 Å². The first kappa shape index (κ1) is 104. The number of benzene rings is 4. The van der Waals surface area contributed by atoms with Gasteiger partial charge in [-0.15, -0.1) is 0 Å². The van der Waals surface area contributed by atoms with Gasteiger partial charge in [-0.05, 0) is 355 Å². The average Bonchev–Trinajstić information content (AvgIpc) is 0.902. The molecule has 7 unspecified atom stereocenters. The molecule has 20 rings (SSSR count). The normalized spacial score (nSPS) is 29.5. The average molecular weight is 1860 g/mol. The number of esters is 4. The van der Waals surface area contributed by atoms with Gasteiger partial charge in [0.1, 0.15) is 40.5 Å². The van der Waals surface area contributed by atoms with E-state index in [0.29, 0.717) is 113 Å². The van der Waals surface area contributed by atoms with Gasteiger partial charge in [0.25, 0.3) is 0 Å². The second-order valence-corrected chi connectivity index (χ2v) is 46.2. The van der Waals surface area contributed by atoms with E-state index in [-0.39, 0.29) is 73.5 Å². The summed E-state index contributed by atoms with van der Waals surface area (Å²) in [7, 11) is 5.06. The van der Waals surface area contributed by atoms with Crippen LogP contribution >= 0.6 is 0 Å². The molecular formula is C114H167FO19. The molecular weight excluding hydrogens is 1690 g/mol. The third kappa shape index (κ3) is 24.8. The van der Waals surface area contributed by atoms with Gasteiger partial charge >= 0.3 is 23.9 Å². The van der Waals surface area contributed by atoms with Gasteiger partial charge < -0.3 is 70.7 Å². The Labute approximate surface area is 802 Å². The van der Waals surface area contributed by atoms with Gasteiger partial charge in [-0.2, -0.15) is 0 Å². The van der Waals surface area contributed by atoms with E-state index in [4.69, 9.17) is 70.7 Å². The number of methoxy groups -OCH3 is 3. The first-order valence-electron chi connectivity index (χ1n) is 51.8. The van der Waals surface area contributed by atoms with E-state index >= 15 is 0 Å². The van der Waals surface area contributed by atoms with Crippen molar-refractivity contribution in [2.75, 3.05) is 21.3 Å². The number of hydrogen-bond acceptors (Lipinski definition) is 19. The summed E-state index contributed by atoms with van der Waals surface area (Å²) in [5.74, 6) is 3.83. The topological polar surface area (TPSA) is 211 Å². The van der Waals surface area contributed by atoms with Gasteiger partial charge in [0, 0.05) is 68.2 Å². The number of hydrogen-bond donors (Lipinski definition) is 0. The molecule has 744 valence electrons. The molecule has 0 spiro atoms. The summed E-state index contributed by atoms with van der Waals surface area (Å²) in [6.45, 7) is 32.0. The Kier molecular flexibility index (Phi) is 33.9. The van der Waals surface area contributed by atoms with Crippen LogP contribution in [0.5, 0.6) is 11.5 Å². The van der Waals surface area contributed by atoms with Gasteiger partial charge in [-0.3, -0.25) is 14.4 Å². The SMILES string of the molecule is C.CCC(C)(C)C(=O)OC12CC3CC(C1)CC(C(=O)Oc1c(COC4CCCCC4)cc(C)cc1COC1CCCCC1)(C3)C2.CCC(C)(C)C(=O)OC12CC3CC(CC(OCc4cc5ccoc5cc4COc4c(COC)cc(COC)cc4COC)(C3)C1)C2.CCC(C)(F)C(=O)OC12CC3CC(C1)CC(OC1CCC(Cc4c(COC(C)C)cc(C)cc4COC(C)C)CC1)(C3)C2. The summed E-state index contributed by atoms with van der Waals surface area (Å²) < 4.78 is 108. The maximum Gasteiger partial charge on any atom is 0.344 e. The van der Waals surface area contributed by atoms with Crippen LogP contribution in [0.25, 0.3) is 11.0 Å². The van der Waals surface area contributed by atoms with Crippen molar-refractivity contribution in [2.45, 2.75) is 459 Å². The Hall–Kier alpha value is -6.33. The van der Waals surface area contributed by atoms with Gasteiger partial charge in [-0.1, -0.05) is 102 Å². The third-order valence-electron chi connectivity index (χ3n) is 33.2. The quantitative estimate of drug-likeness (QED) is 0.0203. The predicted octanol–water partition coefficient (Wildman–Crippen LogP) is 26.3. The van der Waals surface area contributed by atoms with E-state index in [1.165, 1.54) is 80.5 Å². The van der Waals surface area contributed by atoms with Crippen LogP contribution in [0.4, 0.5) is 4.39 Å². The summed E-state index contributed by atoms with van der Waals surface area (Å²) in [4.78, 5) is 53.9. The molecule has 15 aliphatic rings. The van der Waals surface area contributed by atoms with Gasteiger partial charge in [0.2, 0.25) is 5.67 Å². The molecule has 1 heterocycles. The van der Waals surface area contributed by atoms with Crippen molar-refractivity contribution in [1.82, 2.24) is 0 Å². The molecule has 20 heteroatoms. The van der Waals surface area contributed by atoms with Crippen LogP contribution in [0.3, 0.4) is 0 Å². The zero-order chi connectivity index (χ0) is 94.5. The minimum atomic E-state index is -1.92. The highest BCUT2D eigenvalue weighted by Crippen LogP contribution is 2.66. The fraction of sp³-hybridized carbons (Fsp3) is 0.737. The largest absolute Gasteiger partial charge is 0.488 e. The highest BCUT2D eigenvalue weighted by molar-refractivity contribution is 5.82. The summed E-state index contributed by atoms with van der Waals surface area (Å²) in [6, 6.07) is 19.2. The first-order chi connectivity index (χ1) is 63.5. The van der Waals surface area contributed by atoms with Crippen LogP contribution in [-0.4, -0.2) is 109 Å². The summed E-state index contributed by atoms with van der Waals surface area (Å²) in [5.41, 5.74) is 8.53. The highest BCUT2D eigenvalue weighted by Gasteiger charge is 2.66. The van der Waals surface area contributed by atoms with E-state index in [1.807, 2.05) is 40.7 Å². The molecule has 15 aliphatic carbocycles.